The number of imidazole rings is 1. The van der Waals surface area contributed by atoms with Gasteiger partial charge in [0, 0.05) is 17.8 Å². The van der Waals surface area contributed by atoms with Crippen LogP contribution in [0.25, 0.3) is 4.96 Å². The maximum Gasteiger partial charge on any atom is 0.260 e. The SMILES string of the molecule is Cc1cnc(CNS(=O)(=O)c2c(Cl)nc3sccn23)cn1. The van der Waals surface area contributed by atoms with Crippen LogP contribution in [0.5, 0.6) is 0 Å². The van der Waals surface area contributed by atoms with Crippen LogP contribution in [0.1, 0.15) is 11.4 Å². The van der Waals surface area contributed by atoms with Crippen LogP contribution in [0.15, 0.2) is 29.0 Å². The van der Waals surface area contributed by atoms with Crippen LogP contribution in [0, 0.1) is 6.92 Å². The van der Waals surface area contributed by atoms with Gasteiger partial charge in [-0.25, -0.2) is 18.1 Å². The van der Waals surface area contributed by atoms with Crippen molar-refractivity contribution in [3.05, 3.63) is 40.5 Å². The van der Waals surface area contributed by atoms with Crippen LogP contribution in [0.2, 0.25) is 5.15 Å². The molecule has 7 nitrogen and oxygen atoms in total. The van der Waals surface area contributed by atoms with E-state index in [1.165, 1.54) is 21.9 Å². The quantitative estimate of drug-likeness (QED) is 0.777. The molecule has 0 aliphatic carbocycles. The van der Waals surface area contributed by atoms with Gasteiger partial charge in [0.2, 0.25) is 0 Å². The predicted octanol–water partition coefficient (Wildman–Crippen LogP) is 1.63. The lowest BCUT2D eigenvalue weighted by atomic mass is 10.4. The molecule has 0 unspecified atom stereocenters. The monoisotopic (exact) mass is 343 g/mol. The first kappa shape index (κ1) is 14.4. The molecule has 0 amide bonds. The Bertz CT molecular complexity index is 885. The topological polar surface area (TPSA) is 89.2 Å². The molecule has 0 spiro atoms. The highest BCUT2D eigenvalue weighted by molar-refractivity contribution is 7.89. The first-order valence-corrected chi connectivity index (χ1v) is 8.60. The number of nitrogens with zero attached hydrogens (tertiary/aromatic N) is 4. The van der Waals surface area contributed by atoms with Gasteiger partial charge in [0.1, 0.15) is 0 Å². The Morgan fingerprint density at radius 1 is 1.38 bits per heavy atom. The summed E-state index contributed by atoms with van der Waals surface area (Å²) in [7, 11) is -3.80. The lowest BCUT2D eigenvalue weighted by Gasteiger charge is -2.05. The van der Waals surface area contributed by atoms with Crippen molar-refractivity contribution in [2.45, 2.75) is 18.5 Å². The van der Waals surface area contributed by atoms with Gasteiger partial charge in [-0.05, 0) is 6.92 Å². The fraction of sp³-hybridized carbons (Fsp3) is 0.182. The highest BCUT2D eigenvalue weighted by Gasteiger charge is 2.24. The number of thiazole rings is 1. The fourth-order valence-corrected chi connectivity index (χ4v) is 4.17. The zero-order valence-corrected chi connectivity index (χ0v) is 13.2. The van der Waals surface area contributed by atoms with Gasteiger partial charge < -0.3 is 0 Å². The number of hydrogen-bond donors (Lipinski definition) is 1. The number of halogens is 1. The molecule has 0 aliphatic heterocycles. The predicted molar refractivity (Wildman–Crippen MR) is 78.9 cm³/mol. The zero-order chi connectivity index (χ0) is 15.0. The van der Waals surface area contributed by atoms with Crippen LogP contribution in [-0.2, 0) is 16.6 Å². The van der Waals surface area contributed by atoms with E-state index in [9.17, 15) is 8.42 Å². The zero-order valence-electron chi connectivity index (χ0n) is 10.8. The molecule has 0 saturated heterocycles. The van der Waals surface area contributed by atoms with E-state index in [1.54, 1.807) is 24.7 Å². The number of hydrogen-bond acceptors (Lipinski definition) is 6. The standard InChI is InChI=1S/C11H10ClN5O2S2/c1-7-4-14-8(5-13-7)6-15-21(18,19)10-9(12)16-11-17(10)2-3-20-11/h2-5,15H,6H2,1H3. The van der Waals surface area contributed by atoms with E-state index in [-0.39, 0.29) is 16.7 Å². The summed E-state index contributed by atoms with van der Waals surface area (Å²) >= 11 is 7.23. The maximum atomic E-state index is 12.4. The molecule has 3 aromatic rings. The average Bonchev–Trinajstić information content (AvgIpc) is 2.97. The minimum absolute atomic E-state index is 0.0311. The van der Waals surface area contributed by atoms with Crippen LogP contribution in [-0.4, -0.2) is 27.8 Å². The van der Waals surface area contributed by atoms with Crippen molar-refractivity contribution in [3.8, 4) is 0 Å². The van der Waals surface area contributed by atoms with Crippen LogP contribution < -0.4 is 4.72 Å². The summed E-state index contributed by atoms with van der Waals surface area (Å²) in [5.74, 6) is 0. The molecule has 0 radical (unpaired) electrons. The van der Waals surface area contributed by atoms with Gasteiger partial charge in [-0.3, -0.25) is 14.4 Å². The smallest absolute Gasteiger partial charge is 0.260 e. The Kier molecular flexibility index (Phi) is 3.66. The van der Waals surface area contributed by atoms with Gasteiger partial charge in [0.15, 0.2) is 15.1 Å². The van der Waals surface area contributed by atoms with E-state index in [0.29, 0.717) is 10.7 Å². The maximum absolute atomic E-state index is 12.4. The second-order valence-corrected chi connectivity index (χ2v) is 7.15. The summed E-state index contributed by atoms with van der Waals surface area (Å²) in [6, 6.07) is 0. The molecule has 3 aromatic heterocycles. The number of rotatable bonds is 4. The van der Waals surface area contributed by atoms with E-state index in [1.807, 2.05) is 0 Å². The van der Waals surface area contributed by atoms with Crippen molar-refractivity contribution >= 4 is 37.9 Å². The summed E-state index contributed by atoms with van der Waals surface area (Å²) in [5, 5.41) is 1.62. The molecule has 0 bridgehead atoms. The van der Waals surface area contributed by atoms with Gasteiger partial charge in [0.25, 0.3) is 10.0 Å². The number of aryl methyl sites for hydroxylation is 1. The minimum Gasteiger partial charge on any atom is -0.279 e. The van der Waals surface area contributed by atoms with Crippen molar-refractivity contribution in [3.63, 3.8) is 0 Å². The number of fused-ring (bicyclic) bond motifs is 1. The molecule has 0 saturated carbocycles. The largest absolute Gasteiger partial charge is 0.279 e. The van der Waals surface area contributed by atoms with Crippen molar-refractivity contribution in [1.82, 2.24) is 24.1 Å². The van der Waals surface area contributed by atoms with Crippen molar-refractivity contribution in [2.75, 3.05) is 0 Å². The summed E-state index contributed by atoms with van der Waals surface area (Å²) in [6.45, 7) is 1.84. The van der Waals surface area contributed by atoms with E-state index in [4.69, 9.17) is 11.6 Å². The normalized spacial score (nSPS) is 12.1. The van der Waals surface area contributed by atoms with Gasteiger partial charge in [0.05, 0.1) is 24.1 Å². The molecule has 0 fully saturated rings. The minimum atomic E-state index is -3.80. The Balaban J connectivity index is 1.88. The summed E-state index contributed by atoms with van der Waals surface area (Å²) < 4.78 is 28.6. The Morgan fingerprint density at radius 3 is 2.90 bits per heavy atom. The molecule has 0 aromatic carbocycles. The summed E-state index contributed by atoms with van der Waals surface area (Å²) in [5.41, 5.74) is 1.28. The Labute approximate surface area is 129 Å². The summed E-state index contributed by atoms with van der Waals surface area (Å²) in [6.07, 6.45) is 4.71. The molecule has 1 N–H and O–H groups in total. The van der Waals surface area contributed by atoms with Gasteiger partial charge in [-0.15, -0.1) is 11.3 Å². The average molecular weight is 344 g/mol. The Morgan fingerprint density at radius 2 is 2.19 bits per heavy atom. The van der Waals surface area contributed by atoms with Crippen molar-refractivity contribution < 1.29 is 8.42 Å². The van der Waals surface area contributed by atoms with E-state index in [0.717, 1.165) is 5.69 Å². The van der Waals surface area contributed by atoms with Crippen LogP contribution in [0.4, 0.5) is 0 Å². The molecule has 0 atom stereocenters. The third kappa shape index (κ3) is 2.77. The molecule has 10 heteroatoms. The third-order valence-corrected chi connectivity index (χ3v) is 5.27. The summed E-state index contributed by atoms with van der Waals surface area (Å²) in [4.78, 5) is 12.7. The first-order valence-electron chi connectivity index (χ1n) is 5.85. The highest BCUT2D eigenvalue weighted by Crippen LogP contribution is 2.25. The lowest BCUT2D eigenvalue weighted by Crippen LogP contribution is -2.25. The van der Waals surface area contributed by atoms with E-state index >= 15 is 0 Å². The molecular weight excluding hydrogens is 334 g/mol. The molecule has 110 valence electrons. The van der Waals surface area contributed by atoms with E-state index < -0.39 is 10.0 Å². The second-order valence-electron chi connectivity index (χ2n) is 4.24. The molecule has 0 aliphatic rings. The van der Waals surface area contributed by atoms with Gasteiger partial charge in [-0.1, -0.05) is 11.6 Å². The van der Waals surface area contributed by atoms with Crippen molar-refractivity contribution in [1.29, 1.82) is 0 Å². The Hall–Kier alpha value is -1.55. The van der Waals surface area contributed by atoms with Crippen LogP contribution >= 0.6 is 22.9 Å². The van der Waals surface area contributed by atoms with E-state index in [2.05, 4.69) is 19.7 Å². The van der Waals surface area contributed by atoms with Gasteiger partial charge in [-0.2, -0.15) is 0 Å². The van der Waals surface area contributed by atoms with Crippen molar-refractivity contribution in [2.24, 2.45) is 0 Å². The second kappa shape index (κ2) is 5.34. The lowest BCUT2D eigenvalue weighted by molar-refractivity contribution is 0.575. The highest BCUT2D eigenvalue weighted by atomic mass is 35.5. The molecular formula is C11H10ClN5O2S2. The number of nitrogens with one attached hydrogen (secondary N) is 1. The third-order valence-electron chi connectivity index (χ3n) is 2.71. The number of aromatic nitrogens is 4. The first-order chi connectivity index (χ1) is 9.97. The number of sulfonamides is 1. The molecule has 21 heavy (non-hydrogen) atoms. The fourth-order valence-electron chi connectivity index (χ4n) is 1.73. The van der Waals surface area contributed by atoms with Gasteiger partial charge >= 0.3 is 0 Å². The molecule has 3 heterocycles. The molecule has 3 rings (SSSR count). The van der Waals surface area contributed by atoms with Crippen LogP contribution in [0.3, 0.4) is 0 Å².